The highest BCUT2D eigenvalue weighted by Crippen LogP contribution is 2.39. The number of aromatic amines is 1. The zero-order valence-corrected chi connectivity index (χ0v) is 16.5. The molecule has 3 aromatic rings. The van der Waals surface area contributed by atoms with Gasteiger partial charge in [-0.1, -0.05) is 18.7 Å². The van der Waals surface area contributed by atoms with Gasteiger partial charge in [0.05, 0.1) is 11.1 Å². The van der Waals surface area contributed by atoms with E-state index >= 15 is 0 Å². The van der Waals surface area contributed by atoms with Gasteiger partial charge in [-0.25, -0.2) is 4.98 Å². The molecular weight excluding hydrogens is 366 g/mol. The summed E-state index contributed by atoms with van der Waals surface area (Å²) in [5.74, 6) is 2.99. The van der Waals surface area contributed by atoms with E-state index in [1.165, 1.54) is 23.3 Å². The Balaban J connectivity index is 1.44. The Morgan fingerprint density at radius 1 is 1.31 bits per heavy atom. The number of nitrogens with zero attached hydrogens (tertiary/aromatic N) is 4. The molecule has 0 aliphatic heterocycles. The molecule has 1 fully saturated rings. The number of nitrogens with one attached hydrogen (secondary N) is 1. The molecule has 136 valence electrons. The highest BCUT2D eigenvalue weighted by atomic mass is 32.2. The molecule has 0 unspecified atom stereocenters. The van der Waals surface area contributed by atoms with Gasteiger partial charge in [-0.05, 0) is 50.5 Å². The molecule has 0 radical (unpaired) electrons. The van der Waals surface area contributed by atoms with Gasteiger partial charge in [-0.2, -0.15) is 0 Å². The number of hydrogen-bond donors (Lipinski definition) is 1. The molecule has 5 rings (SSSR count). The van der Waals surface area contributed by atoms with Crippen LogP contribution in [0.1, 0.15) is 54.3 Å². The molecule has 3 aromatic heterocycles. The van der Waals surface area contributed by atoms with Gasteiger partial charge in [-0.3, -0.25) is 4.79 Å². The van der Waals surface area contributed by atoms with E-state index in [1.807, 2.05) is 6.92 Å². The average molecular weight is 388 g/mol. The van der Waals surface area contributed by atoms with Crippen LogP contribution in [0.5, 0.6) is 0 Å². The SMILES string of the molecule is Cc1nnc(SCc2nc3sc4c(c3c(=O)[nH]2)CC[C@@H](C)C4)n1C1CC1. The molecule has 1 atom stereocenters. The van der Waals surface area contributed by atoms with Crippen LogP contribution in [0.15, 0.2) is 9.95 Å². The van der Waals surface area contributed by atoms with Gasteiger partial charge in [0.2, 0.25) is 0 Å². The standard InChI is InChI=1S/C18H21N5OS2/c1-9-3-6-12-13(7-9)26-17-15(12)16(24)19-14(20-17)8-25-18-22-21-10(2)23(18)11-4-5-11/h9,11H,3-8H2,1-2H3,(H,19,20,24)/t9-/m1/s1. The quantitative estimate of drug-likeness (QED) is 0.692. The van der Waals surface area contributed by atoms with E-state index in [1.54, 1.807) is 23.1 Å². The number of H-pyrrole nitrogens is 1. The highest BCUT2D eigenvalue weighted by Gasteiger charge is 2.28. The third kappa shape index (κ3) is 2.79. The predicted molar refractivity (Wildman–Crippen MR) is 104 cm³/mol. The minimum atomic E-state index is 0.0116. The maximum Gasteiger partial charge on any atom is 0.259 e. The van der Waals surface area contributed by atoms with Crippen LogP contribution in [0, 0.1) is 12.8 Å². The molecule has 2 aliphatic carbocycles. The van der Waals surface area contributed by atoms with Crippen molar-refractivity contribution in [1.82, 2.24) is 24.7 Å². The van der Waals surface area contributed by atoms with Crippen molar-refractivity contribution in [3.05, 3.63) is 32.4 Å². The molecule has 0 bridgehead atoms. The second kappa shape index (κ2) is 6.20. The summed E-state index contributed by atoms with van der Waals surface area (Å²) in [7, 11) is 0. The van der Waals surface area contributed by atoms with Crippen LogP contribution in [0.25, 0.3) is 10.2 Å². The molecule has 0 spiro atoms. The van der Waals surface area contributed by atoms with E-state index in [2.05, 4.69) is 26.7 Å². The van der Waals surface area contributed by atoms with Gasteiger partial charge in [0.15, 0.2) is 5.16 Å². The first-order valence-corrected chi connectivity index (χ1v) is 11.0. The van der Waals surface area contributed by atoms with Crippen LogP contribution in [-0.4, -0.2) is 24.7 Å². The summed E-state index contributed by atoms with van der Waals surface area (Å²) < 4.78 is 2.21. The fraction of sp³-hybridized carbons (Fsp3) is 0.556. The highest BCUT2D eigenvalue weighted by molar-refractivity contribution is 7.98. The number of fused-ring (bicyclic) bond motifs is 3. The summed E-state index contributed by atoms with van der Waals surface area (Å²) in [4.78, 5) is 22.7. The van der Waals surface area contributed by atoms with Crippen LogP contribution in [0.3, 0.4) is 0 Å². The molecule has 2 aliphatic rings. The second-order valence-corrected chi connectivity index (χ2v) is 9.49. The van der Waals surface area contributed by atoms with Crippen molar-refractivity contribution < 1.29 is 0 Å². The first-order valence-electron chi connectivity index (χ1n) is 9.18. The van der Waals surface area contributed by atoms with Gasteiger partial charge < -0.3 is 9.55 Å². The number of hydrogen-bond acceptors (Lipinski definition) is 6. The van der Waals surface area contributed by atoms with Crippen molar-refractivity contribution in [3.8, 4) is 0 Å². The van der Waals surface area contributed by atoms with Crippen LogP contribution < -0.4 is 5.56 Å². The zero-order valence-electron chi connectivity index (χ0n) is 14.9. The lowest BCUT2D eigenvalue weighted by Gasteiger charge is -2.17. The molecule has 0 amide bonds. The Labute approximate surface area is 159 Å². The van der Waals surface area contributed by atoms with Gasteiger partial charge in [-0.15, -0.1) is 21.5 Å². The molecule has 1 N–H and O–H groups in total. The van der Waals surface area contributed by atoms with Crippen molar-refractivity contribution in [2.45, 2.75) is 62.9 Å². The number of aromatic nitrogens is 5. The van der Waals surface area contributed by atoms with E-state index in [-0.39, 0.29) is 5.56 Å². The third-order valence-electron chi connectivity index (χ3n) is 5.30. The first-order chi connectivity index (χ1) is 12.6. The van der Waals surface area contributed by atoms with E-state index in [0.717, 1.165) is 46.3 Å². The van der Waals surface area contributed by atoms with E-state index in [0.29, 0.717) is 17.7 Å². The van der Waals surface area contributed by atoms with E-state index in [9.17, 15) is 4.79 Å². The summed E-state index contributed by atoms with van der Waals surface area (Å²) in [6, 6.07) is 0.549. The van der Waals surface area contributed by atoms with Crippen molar-refractivity contribution in [2.24, 2.45) is 5.92 Å². The minimum absolute atomic E-state index is 0.0116. The number of thioether (sulfide) groups is 1. The molecule has 1 saturated carbocycles. The molecule has 0 aromatic carbocycles. The molecule has 8 heteroatoms. The normalized spacial score (nSPS) is 19.8. The summed E-state index contributed by atoms with van der Waals surface area (Å²) in [6.07, 6.45) is 5.63. The van der Waals surface area contributed by atoms with Crippen molar-refractivity contribution in [3.63, 3.8) is 0 Å². The second-order valence-electron chi connectivity index (χ2n) is 7.46. The van der Waals surface area contributed by atoms with Gasteiger partial charge in [0.25, 0.3) is 5.56 Å². The van der Waals surface area contributed by atoms with E-state index in [4.69, 9.17) is 4.98 Å². The topological polar surface area (TPSA) is 76.5 Å². The van der Waals surface area contributed by atoms with Crippen LogP contribution >= 0.6 is 23.1 Å². The number of aryl methyl sites for hydroxylation is 2. The van der Waals surface area contributed by atoms with Crippen molar-refractivity contribution in [2.75, 3.05) is 0 Å². The largest absolute Gasteiger partial charge is 0.309 e. The molecular formula is C18H21N5OS2. The lowest BCUT2D eigenvalue weighted by Crippen LogP contribution is -2.14. The minimum Gasteiger partial charge on any atom is -0.309 e. The Bertz CT molecular complexity index is 1050. The number of rotatable bonds is 4. The Hall–Kier alpha value is -1.67. The predicted octanol–water partition coefficient (Wildman–Crippen LogP) is 3.64. The Morgan fingerprint density at radius 3 is 2.96 bits per heavy atom. The summed E-state index contributed by atoms with van der Waals surface area (Å²) in [5, 5.41) is 10.3. The fourth-order valence-electron chi connectivity index (χ4n) is 3.80. The maximum absolute atomic E-state index is 12.7. The van der Waals surface area contributed by atoms with Crippen LogP contribution in [0.4, 0.5) is 0 Å². The summed E-state index contributed by atoms with van der Waals surface area (Å²) in [6.45, 7) is 4.28. The monoisotopic (exact) mass is 387 g/mol. The van der Waals surface area contributed by atoms with Crippen LogP contribution in [0.2, 0.25) is 0 Å². The lowest BCUT2D eigenvalue weighted by atomic mass is 9.89. The molecule has 26 heavy (non-hydrogen) atoms. The third-order valence-corrected chi connectivity index (χ3v) is 7.40. The fourth-order valence-corrected chi connectivity index (χ4v) is 6.12. The molecule has 0 saturated heterocycles. The Kier molecular flexibility index (Phi) is 3.93. The van der Waals surface area contributed by atoms with Crippen molar-refractivity contribution in [1.29, 1.82) is 0 Å². The van der Waals surface area contributed by atoms with Crippen LogP contribution in [-0.2, 0) is 18.6 Å². The first kappa shape index (κ1) is 16.5. The Morgan fingerprint density at radius 2 is 2.15 bits per heavy atom. The number of thiophene rings is 1. The molecule has 3 heterocycles. The lowest BCUT2D eigenvalue weighted by molar-refractivity contribution is 0.509. The van der Waals surface area contributed by atoms with Crippen molar-refractivity contribution >= 4 is 33.3 Å². The van der Waals surface area contributed by atoms with Gasteiger partial charge in [0, 0.05) is 10.9 Å². The van der Waals surface area contributed by atoms with Gasteiger partial charge >= 0.3 is 0 Å². The summed E-state index contributed by atoms with van der Waals surface area (Å²) >= 11 is 3.31. The molecule has 6 nitrogen and oxygen atoms in total. The van der Waals surface area contributed by atoms with Gasteiger partial charge in [0.1, 0.15) is 16.5 Å². The van der Waals surface area contributed by atoms with E-state index < -0.39 is 0 Å². The zero-order chi connectivity index (χ0) is 17.8. The smallest absolute Gasteiger partial charge is 0.259 e. The maximum atomic E-state index is 12.7. The average Bonchev–Trinajstić information content (AvgIpc) is 3.27. The summed E-state index contributed by atoms with van der Waals surface area (Å²) in [5.41, 5.74) is 1.25.